The lowest BCUT2D eigenvalue weighted by Crippen LogP contribution is -2.47. The number of carbonyl (C=O) groups is 1. The van der Waals surface area contributed by atoms with Gasteiger partial charge in [0.1, 0.15) is 0 Å². The molecule has 9 nitrogen and oxygen atoms in total. The van der Waals surface area contributed by atoms with Crippen LogP contribution < -0.4 is 11.1 Å². The first-order valence-electron chi connectivity index (χ1n) is 20.7. The highest BCUT2D eigenvalue weighted by atomic mass is 31.2. The van der Waals surface area contributed by atoms with Gasteiger partial charge in [0, 0.05) is 6.54 Å². The number of nitrogens with two attached hydrogens (primary N) is 1. The first-order valence-corrected chi connectivity index (χ1v) is 22.2. The van der Waals surface area contributed by atoms with Crippen molar-refractivity contribution in [1.29, 1.82) is 0 Å². The third-order valence-corrected chi connectivity index (χ3v) is 10.5. The summed E-state index contributed by atoms with van der Waals surface area (Å²) in [6.45, 7) is 4.03. The summed E-state index contributed by atoms with van der Waals surface area (Å²) in [6, 6.07) is -0.889. The highest BCUT2D eigenvalue weighted by Gasteiger charge is 2.28. The van der Waals surface area contributed by atoms with Crippen LogP contribution in [0.5, 0.6) is 0 Å². The fraction of sp³-hybridized carbons (Fsp3) is 0.974. The lowest BCUT2D eigenvalue weighted by atomic mass is 10.0. The van der Waals surface area contributed by atoms with Gasteiger partial charge in [-0.15, -0.1) is 0 Å². The molecular formula is C39H81N2O7P. The number of rotatable bonds is 39. The Bertz CT molecular complexity index is 761. The molecule has 49 heavy (non-hydrogen) atoms. The Labute approximate surface area is 302 Å². The standard InChI is InChI=1S/C39H81N2O7P/c1-3-5-7-9-11-13-14-15-16-17-18-19-20-21-23-25-27-29-31-38(43)37(35-48-49(45,46)47-33-32-40)41-39(44)34-36(42)30-28-26-24-22-12-10-8-6-4-2/h36-38,42-43H,3-35,40H2,1-2H3,(H,41,44)(H,45,46). The molecule has 10 heteroatoms. The van der Waals surface area contributed by atoms with Crippen molar-refractivity contribution in [1.82, 2.24) is 5.32 Å². The molecule has 0 heterocycles. The minimum atomic E-state index is -4.36. The van der Waals surface area contributed by atoms with Crippen LogP contribution in [-0.4, -0.2) is 59.0 Å². The molecule has 0 aromatic carbocycles. The predicted molar refractivity (Wildman–Crippen MR) is 205 cm³/mol. The van der Waals surface area contributed by atoms with Gasteiger partial charge in [0.2, 0.25) is 5.91 Å². The van der Waals surface area contributed by atoms with Crippen LogP contribution in [0.15, 0.2) is 0 Å². The molecule has 0 aliphatic carbocycles. The quantitative estimate of drug-likeness (QED) is 0.0311. The van der Waals surface area contributed by atoms with Gasteiger partial charge in [-0.25, -0.2) is 4.57 Å². The van der Waals surface area contributed by atoms with Gasteiger partial charge in [0.25, 0.3) is 0 Å². The molecule has 0 bridgehead atoms. The number of phosphoric ester groups is 1. The summed E-state index contributed by atoms with van der Waals surface area (Å²) in [4.78, 5) is 22.7. The molecule has 0 rings (SSSR count). The van der Waals surface area contributed by atoms with E-state index >= 15 is 0 Å². The number of hydrogen-bond donors (Lipinski definition) is 5. The maximum Gasteiger partial charge on any atom is 0.472 e. The molecular weight excluding hydrogens is 639 g/mol. The molecule has 0 aliphatic rings. The molecule has 4 unspecified atom stereocenters. The first kappa shape index (κ1) is 48.5. The Kier molecular flexibility index (Phi) is 35.4. The summed E-state index contributed by atoms with van der Waals surface area (Å²) < 4.78 is 22.1. The van der Waals surface area contributed by atoms with Crippen molar-refractivity contribution in [3.05, 3.63) is 0 Å². The summed E-state index contributed by atoms with van der Waals surface area (Å²) in [7, 11) is -4.36. The highest BCUT2D eigenvalue weighted by Crippen LogP contribution is 2.43. The number of carbonyl (C=O) groups excluding carboxylic acids is 1. The second-order valence-electron chi connectivity index (χ2n) is 14.4. The summed E-state index contributed by atoms with van der Waals surface area (Å²) >= 11 is 0. The van der Waals surface area contributed by atoms with Crippen molar-refractivity contribution >= 4 is 13.7 Å². The van der Waals surface area contributed by atoms with Gasteiger partial charge in [0.15, 0.2) is 0 Å². The Morgan fingerprint density at radius 1 is 0.612 bits per heavy atom. The first-order chi connectivity index (χ1) is 23.8. The van der Waals surface area contributed by atoms with E-state index in [0.29, 0.717) is 12.8 Å². The number of nitrogens with one attached hydrogen (secondary N) is 1. The third-order valence-electron chi connectivity index (χ3n) is 9.52. The molecule has 0 fully saturated rings. The number of aliphatic hydroxyl groups is 2. The zero-order valence-electron chi connectivity index (χ0n) is 32.1. The second-order valence-corrected chi connectivity index (χ2v) is 15.9. The van der Waals surface area contributed by atoms with E-state index in [9.17, 15) is 24.5 Å². The Morgan fingerprint density at radius 3 is 1.37 bits per heavy atom. The van der Waals surface area contributed by atoms with E-state index in [1.54, 1.807) is 0 Å². The number of phosphoric acid groups is 1. The van der Waals surface area contributed by atoms with Crippen molar-refractivity contribution in [2.75, 3.05) is 19.8 Å². The largest absolute Gasteiger partial charge is 0.472 e. The average Bonchev–Trinajstić information content (AvgIpc) is 3.07. The normalized spacial score (nSPS) is 14.8. The Balaban J connectivity index is 4.24. The van der Waals surface area contributed by atoms with Gasteiger partial charge in [-0.2, -0.15) is 0 Å². The minimum absolute atomic E-state index is 0.0624. The minimum Gasteiger partial charge on any atom is -0.393 e. The molecule has 0 spiro atoms. The van der Waals surface area contributed by atoms with E-state index in [2.05, 4.69) is 19.2 Å². The second kappa shape index (κ2) is 35.8. The van der Waals surface area contributed by atoms with E-state index in [1.165, 1.54) is 135 Å². The van der Waals surface area contributed by atoms with Gasteiger partial charge >= 0.3 is 7.82 Å². The van der Waals surface area contributed by atoms with Crippen LogP contribution in [0.4, 0.5) is 0 Å². The third kappa shape index (κ3) is 34.3. The fourth-order valence-corrected chi connectivity index (χ4v) is 7.12. The number of hydrogen-bond acceptors (Lipinski definition) is 7. The van der Waals surface area contributed by atoms with Crippen LogP contribution in [0.2, 0.25) is 0 Å². The summed E-state index contributed by atoms with van der Waals surface area (Å²) in [5.41, 5.74) is 5.36. The zero-order valence-corrected chi connectivity index (χ0v) is 33.0. The molecule has 0 aromatic heterocycles. The van der Waals surface area contributed by atoms with E-state index in [1.807, 2.05) is 0 Å². The van der Waals surface area contributed by atoms with E-state index in [0.717, 1.165) is 38.5 Å². The topological polar surface area (TPSA) is 151 Å². The summed E-state index contributed by atoms with van der Waals surface area (Å²) in [5.74, 6) is -0.412. The molecule has 0 saturated carbocycles. The fourth-order valence-electron chi connectivity index (χ4n) is 6.36. The molecule has 0 aromatic rings. The molecule has 1 amide bonds. The number of aliphatic hydroxyl groups excluding tert-OH is 2. The van der Waals surface area contributed by atoms with Crippen molar-refractivity contribution in [2.24, 2.45) is 5.73 Å². The van der Waals surface area contributed by atoms with E-state index in [4.69, 9.17) is 14.8 Å². The Hall–Kier alpha value is -0.540. The molecule has 0 aliphatic heterocycles. The van der Waals surface area contributed by atoms with Crippen LogP contribution in [0.1, 0.15) is 206 Å². The smallest absolute Gasteiger partial charge is 0.393 e. The van der Waals surface area contributed by atoms with Crippen LogP contribution in [-0.2, 0) is 18.4 Å². The van der Waals surface area contributed by atoms with Crippen molar-refractivity contribution < 1.29 is 33.5 Å². The SMILES string of the molecule is CCCCCCCCCCCCCCCCCCCCC(O)C(COP(=O)(O)OCCN)NC(=O)CC(O)CCCCCCCCCCC. The molecule has 6 N–H and O–H groups in total. The monoisotopic (exact) mass is 721 g/mol. The summed E-state index contributed by atoms with van der Waals surface area (Å²) in [5, 5.41) is 24.1. The van der Waals surface area contributed by atoms with E-state index < -0.39 is 32.0 Å². The van der Waals surface area contributed by atoms with E-state index in [-0.39, 0.29) is 26.2 Å². The highest BCUT2D eigenvalue weighted by molar-refractivity contribution is 7.47. The van der Waals surface area contributed by atoms with Gasteiger partial charge < -0.3 is 26.2 Å². The predicted octanol–water partition coefficient (Wildman–Crippen LogP) is 10.0. The molecule has 0 radical (unpaired) electrons. The van der Waals surface area contributed by atoms with Crippen LogP contribution in [0, 0.1) is 0 Å². The van der Waals surface area contributed by atoms with Crippen LogP contribution in [0.3, 0.4) is 0 Å². The Morgan fingerprint density at radius 2 is 0.980 bits per heavy atom. The summed E-state index contributed by atoms with van der Waals surface area (Å²) in [6.07, 6.45) is 32.9. The van der Waals surface area contributed by atoms with Crippen LogP contribution in [0.25, 0.3) is 0 Å². The molecule has 0 saturated heterocycles. The van der Waals surface area contributed by atoms with Crippen molar-refractivity contribution in [3.8, 4) is 0 Å². The van der Waals surface area contributed by atoms with Gasteiger partial charge in [0.05, 0.1) is 37.9 Å². The lowest BCUT2D eigenvalue weighted by molar-refractivity contribution is -0.125. The maximum absolute atomic E-state index is 12.8. The van der Waals surface area contributed by atoms with Gasteiger partial charge in [-0.1, -0.05) is 187 Å². The number of amides is 1. The maximum atomic E-state index is 12.8. The zero-order chi connectivity index (χ0) is 36.3. The van der Waals surface area contributed by atoms with Crippen molar-refractivity contribution in [3.63, 3.8) is 0 Å². The van der Waals surface area contributed by atoms with Gasteiger partial charge in [-0.3, -0.25) is 13.8 Å². The van der Waals surface area contributed by atoms with Crippen molar-refractivity contribution in [2.45, 2.75) is 225 Å². The lowest BCUT2D eigenvalue weighted by Gasteiger charge is -2.25. The average molecular weight is 721 g/mol. The molecule has 294 valence electrons. The molecule has 4 atom stereocenters. The van der Waals surface area contributed by atoms with Crippen LogP contribution >= 0.6 is 7.82 Å². The number of unbranched alkanes of at least 4 members (excludes halogenated alkanes) is 25. The van der Waals surface area contributed by atoms with Gasteiger partial charge in [-0.05, 0) is 12.8 Å².